The second-order valence-electron chi connectivity index (χ2n) is 2.83. The van der Waals surface area contributed by atoms with Crippen LogP contribution in [0.4, 0.5) is 0 Å². The molecule has 0 aromatic rings. The summed E-state index contributed by atoms with van der Waals surface area (Å²) in [5.74, 6) is 0.757. The first-order valence-corrected chi connectivity index (χ1v) is 5.51. The maximum Gasteiger partial charge on any atom is 0.0357 e. The summed E-state index contributed by atoms with van der Waals surface area (Å²) >= 11 is 0. The van der Waals surface area contributed by atoms with Crippen LogP contribution in [0.2, 0.25) is 0 Å². The second-order valence-corrected chi connectivity index (χ2v) is 4.39. The van der Waals surface area contributed by atoms with Gasteiger partial charge in [0.15, 0.2) is 0 Å². The fourth-order valence-corrected chi connectivity index (χ4v) is 1.08. The quantitative estimate of drug-likeness (QED) is 0.557. The average Bonchev–Trinajstić information content (AvgIpc) is 1.85. The van der Waals surface area contributed by atoms with Gasteiger partial charge in [0.25, 0.3) is 0 Å². The summed E-state index contributed by atoms with van der Waals surface area (Å²) in [6.45, 7) is 2.87. The highest BCUT2D eigenvalue weighted by atomic mass is 32.2. The highest BCUT2D eigenvalue weighted by Gasteiger charge is 1.91. The minimum absolute atomic E-state index is 0.656. The summed E-state index contributed by atoms with van der Waals surface area (Å²) in [5.41, 5.74) is 0. The smallest absolute Gasteiger partial charge is 0.0357 e. The largest absolute Gasteiger partial charge is 0.315 e. The summed E-state index contributed by atoms with van der Waals surface area (Å²) in [5, 5.41) is 3.21. The van der Waals surface area contributed by atoms with Crippen molar-refractivity contribution in [2.75, 3.05) is 45.7 Å². The zero-order valence-corrected chi connectivity index (χ0v) is 8.41. The van der Waals surface area contributed by atoms with Gasteiger partial charge in [-0.15, -0.1) is 0 Å². The van der Waals surface area contributed by atoms with Crippen molar-refractivity contribution < 1.29 is 4.21 Å². The molecule has 0 rings (SSSR count). The molecule has 0 aromatic carbocycles. The van der Waals surface area contributed by atoms with Crippen LogP contribution < -0.4 is 5.32 Å². The number of nitrogens with one attached hydrogen (secondary N) is 1. The molecule has 1 unspecified atom stereocenters. The molecular formula is C7H18N2OS. The molecule has 0 aliphatic carbocycles. The van der Waals surface area contributed by atoms with Crippen molar-refractivity contribution in [2.45, 2.75) is 0 Å². The molecule has 0 bridgehead atoms. The monoisotopic (exact) mass is 178 g/mol. The predicted octanol–water partition coefficient (Wildman–Crippen LogP) is -0.484. The van der Waals surface area contributed by atoms with E-state index in [2.05, 4.69) is 10.2 Å². The molecule has 0 spiro atoms. The zero-order chi connectivity index (χ0) is 8.69. The lowest BCUT2D eigenvalue weighted by Gasteiger charge is -2.09. The molecule has 0 saturated carbocycles. The van der Waals surface area contributed by atoms with Crippen molar-refractivity contribution in [1.82, 2.24) is 10.2 Å². The van der Waals surface area contributed by atoms with E-state index in [1.54, 1.807) is 6.26 Å². The third-order valence-corrected chi connectivity index (χ3v) is 2.08. The van der Waals surface area contributed by atoms with E-state index in [-0.39, 0.29) is 0 Å². The van der Waals surface area contributed by atoms with Gasteiger partial charge in [-0.25, -0.2) is 0 Å². The van der Waals surface area contributed by atoms with E-state index in [1.807, 2.05) is 14.1 Å². The van der Waals surface area contributed by atoms with E-state index in [0.29, 0.717) is 0 Å². The molecule has 0 aliphatic heterocycles. The molecule has 0 heterocycles. The van der Waals surface area contributed by atoms with E-state index in [9.17, 15) is 4.21 Å². The molecule has 3 nitrogen and oxygen atoms in total. The molecule has 0 aliphatic rings. The van der Waals surface area contributed by atoms with Crippen molar-refractivity contribution >= 4 is 10.8 Å². The lowest BCUT2D eigenvalue weighted by molar-refractivity contribution is 0.403. The zero-order valence-electron chi connectivity index (χ0n) is 7.59. The van der Waals surface area contributed by atoms with E-state index in [1.165, 1.54) is 0 Å². The minimum Gasteiger partial charge on any atom is -0.315 e. The third-order valence-electron chi connectivity index (χ3n) is 1.30. The maximum atomic E-state index is 10.6. The SMILES string of the molecule is CN(C)CCNCCS(C)=O. The Labute approximate surface area is 71.6 Å². The van der Waals surface area contributed by atoms with Crippen LogP contribution in [0.5, 0.6) is 0 Å². The van der Waals surface area contributed by atoms with Crippen molar-refractivity contribution in [3.8, 4) is 0 Å². The van der Waals surface area contributed by atoms with Gasteiger partial charge >= 0.3 is 0 Å². The Balaban J connectivity index is 2.97. The molecule has 1 atom stereocenters. The van der Waals surface area contributed by atoms with Gasteiger partial charge < -0.3 is 10.2 Å². The Hall–Kier alpha value is 0.0700. The van der Waals surface area contributed by atoms with E-state index >= 15 is 0 Å². The van der Waals surface area contributed by atoms with E-state index in [0.717, 1.165) is 25.4 Å². The Bertz CT molecular complexity index is 117. The number of nitrogens with zero attached hydrogens (tertiary/aromatic N) is 1. The van der Waals surface area contributed by atoms with Gasteiger partial charge in [-0.1, -0.05) is 0 Å². The second kappa shape index (κ2) is 6.76. The van der Waals surface area contributed by atoms with Crippen LogP contribution >= 0.6 is 0 Å². The van der Waals surface area contributed by atoms with Crippen LogP contribution in [0.3, 0.4) is 0 Å². The van der Waals surface area contributed by atoms with Gasteiger partial charge in [0.05, 0.1) is 0 Å². The predicted molar refractivity (Wildman–Crippen MR) is 50.4 cm³/mol. The molecule has 4 heteroatoms. The van der Waals surface area contributed by atoms with Crippen LogP contribution in [-0.4, -0.2) is 54.8 Å². The molecular weight excluding hydrogens is 160 g/mol. The lowest BCUT2D eigenvalue weighted by atomic mass is 10.5. The summed E-state index contributed by atoms with van der Waals surface area (Å²) < 4.78 is 10.6. The first-order chi connectivity index (χ1) is 5.13. The number of likely N-dealkylation sites (N-methyl/N-ethyl adjacent to an activating group) is 1. The lowest BCUT2D eigenvalue weighted by Crippen LogP contribution is -2.29. The molecule has 0 fully saturated rings. The number of hydrogen-bond acceptors (Lipinski definition) is 3. The molecule has 0 radical (unpaired) electrons. The van der Waals surface area contributed by atoms with Gasteiger partial charge in [0, 0.05) is 42.4 Å². The van der Waals surface area contributed by atoms with Crippen LogP contribution in [0.15, 0.2) is 0 Å². The fourth-order valence-electron chi connectivity index (χ4n) is 0.644. The van der Waals surface area contributed by atoms with E-state index < -0.39 is 10.8 Å². The summed E-state index contributed by atoms with van der Waals surface area (Å²) in [4.78, 5) is 2.12. The van der Waals surface area contributed by atoms with Crippen molar-refractivity contribution in [1.29, 1.82) is 0 Å². The van der Waals surface area contributed by atoms with Crippen LogP contribution in [-0.2, 0) is 10.8 Å². The van der Waals surface area contributed by atoms with Gasteiger partial charge in [0.2, 0.25) is 0 Å². The molecule has 11 heavy (non-hydrogen) atoms. The molecule has 0 aromatic heterocycles. The maximum absolute atomic E-state index is 10.6. The number of hydrogen-bond donors (Lipinski definition) is 1. The highest BCUT2D eigenvalue weighted by Crippen LogP contribution is 1.73. The Morgan fingerprint density at radius 3 is 2.45 bits per heavy atom. The van der Waals surface area contributed by atoms with Crippen LogP contribution in [0.1, 0.15) is 0 Å². The summed E-state index contributed by atoms with van der Waals surface area (Å²) in [6.07, 6.45) is 1.73. The first-order valence-electron chi connectivity index (χ1n) is 3.78. The van der Waals surface area contributed by atoms with Gasteiger partial charge in [-0.2, -0.15) is 0 Å². The molecule has 0 amide bonds. The van der Waals surface area contributed by atoms with Crippen molar-refractivity contribution in [3.63, 3.8) is 0 Å². The standard InChI is InChI=1S/C7H18N2OS/c1-9(2)6-4-8-5-7-11(3)10/h8H,4-7H2,1-3H3. The first kappa shape index (κ1) is 11.1. The highest BCUT2D eigenvalue weighted by molar-refractivity contribution is 7.84. The molecule has 0 saturated heterocycles. The molecule has 1 N–H and O–H groups in total. The normalized spacial score (nSPS) is 13.8. The Morgan fingerprint density at radius 2 is 2.00 bits per heavy atom. The van der Waals surface area contributed by atoms with Gasteiger partial charge in [-0.3, -0.25) is 4.21 Å². The summed E-state index contributed by atoms with van der Waals surface area (Å²) in [6, 6.07) is 0. The van der Waals surface area contributed by atoms with E-state index in [4.69, 9.17) is 0 Å². The Morgan fingerprint density at radius 1 is 1.36 bits per heavy atom. The van der Waals surface area contributed by atoms with Gasteiger partial charge in [0.1, 0.15) is 0 Å². The summed E-state index contributed by atoms with van der Waals surface area (Å²) in [7, 11) is 3.43. The van der Waals surface area contributed by atoms with Crippen LogP contribution in [0, 0.1) is 0 Å². The van der Waals surface area contributed by atoms with Gasteiger partial charge in [-0.05, 0) is 14.1 Å². The fraction of sp³-hybridized carbons (Fsp3) is 1.00. The van der Waals surface area contributed by atoms with Crippen molar-refractivity contribution in [2.24, 2.45) is 0 Å². The van der Waals surface area contributed by atoms with Crippen molar-refractivity contribution in [3.05, 3.63) is 0 Å². The Kier molecular flexibility index (Phi) is 6.80. The minimum atomic E-state index is -0.656. The topological polar surface area (TPSA) is 32.3 Å². The number of rotatable bonds is 6. The third kappa shape index (κ3) is 10.1. The molecule has 68 valence electrons. The van der Waals surface area contributed by atoms with Crippen LogP contribution in [0.25, 0.3) is 0 Å². The average molecular weight is 178 g/mol.